The number of carbonyl (C=O) groups excluding carboxylic acids is 2. The van der Waals surface area contributed by atoms with Crippen molar-refractivity contribution < 1.29 is 27.8 Å². The van der Waals surface area contributed by atoms with E-state index in [1.165, 1.54) is 42.5 Å². The van der Waals surface area contributed by atoms with Gasteiger partial charge < -0.3 is 14.8 Å². The van der Waals surface area contributed by atoms with E-state index < -0.39 is 25.1 Å². The summed E-state index contributed by atoms with van der Waals surface area (Å²) in [6.07, 6.45) is 2.48. The summed E-state index contributed by atoms with van der Waals surface area (Å²) in [4.78, 5) is 23.5. The summed E-state index contributed by atoms with van der Waals surface area (Å²) in [5.74, 6) is -1.41. The molecule has 2 rings (SSSR count). The van der Waals surface area contributed by atoms with Gasteiger partial charge in [0.1, 0.15) is 5.75 Å². The van der Waals surface area contributed by atoms with Crippen LogP contribution in [-0.4, -0.2) is 25.1 Å². The van der Waals surface area contributed by atoms with E-state index in [0.29, 0.717) is 5.56 Å². The van der Waals surface area contributed by atoms with Crippen LogP contribution in [0.4, 0.5) is 14.5 Å². The Kier molecular flexibility index (Phi) is 8.04. The second kappa shape index (κ2) is 10.3. The smallest absolute Gasteiger partial charge is 0.387 e. The zero-order valence-corrected chi connectivity index (χ0v) is 16.2. The van der Waals surface area contributed by atoms with Gasteiger partial charge in [-0.1, -0.05) is 46.9 Å². The Bertz CT molecular complexity index is 889. The van der Waals surface area contributed by atoms with E-state index in [-0.39, 0.29) is 26.5 Å². The molecule has 2 aromatic rings. The lowest BCUT2D eigenvalue weighted by atomic mass is 10.2. The number of amides is 1. The molecule has 28 heavy (non-hydrogen) atoms. The van der Waals surface area contributed by atoms with Crippen molar-refractivity contribution in [3.05, 3.63) is 63.1 Å². The Labute approximate surface area is 173 Å². The third kappa shape index (κ3) is 6.99. The van der Waals surface area contributed by atoms with Crippen LogP contribution in [0.2, 0.25) is 15.1 Å². The van der Waals surface area contributed by atoms with Gasteiger partial charge in [0, 0.05) is 6.08 Å². The minimum Gasteiger partial charge on any atom is -0.452 e. The normalized spacial score (nSPS) is 10.9. The van der Waals surface area contributed by atoms with Gasteiger partial charge in [-0.25, -0.2) is 4.79 Å². The van der Waals surface area contributed by atoms with Gasteiger partial charge in [0.05, 0.1) is 20.8 Å². The lowest BCUT2D eigenvalue weighted by Crippen LogP contribution is -2.20. The second-order valence-corrected chi connectivity index (χ2v) is 6.40. The summed E-state index contributed by atoms with van der Waals surface area (Å²) < 4.78 is 33.2. The van der Waals surface area contributed by atoms with Gasteiger partial charge in [0.2, 0.25) is 0 Å². The molecule has 10 heteroatoms. The van der Waals surface area contributed by atoms with Crippen molar-refractivity contribution in [2.24, 2.45) is 0 Å². The highest BCUT2D eigenvalue weighted by Gasteiger charge is 2.11. The molecular formula is C18H12Cl3F2NO4. The molecule has 0 heterocycles. The van der Waals surface area contributed by atoms with Crippen LogP contribution in [0, 0.1) is 0 Å². The maximum absolute atomic E-state index is 12.1. The third-order valence-corrected chi connectivity index (χ3v) is 4.18. The number of carbonyl (C=O) groups is 2. The molecule has 148 valence electrons. The zero-order valence-electron chi connectivity index (χ0n) is 13.9. The number of ether oxygens (including phenoxy) is 2. The molecular weight excluding hydrogens is 439 g/mol. The predicted molar refractivity (Wildman–Crippen MR) is 103 cm³/mol. The highest BCUT2D eigenvalue weighted by molar-refractivity contribution is 6.44. The fourth-order valence-corrected chi connectivity index (χ4v) is 2.51. The Balaban J connectivity index is 1.84. The van der Waals surface area contributed by atoms with Gasteiger partial charge in [-0.05, 0) is 35.9 Å². The first-order valence-electron chi connectivity index (χ1n) is 7.58. The van der Waals surface area contributed by atoms with Gasteiger partial charge in [-0.2, -0.15) is 8.78 Å². The summed E-state index contributed by atoms with van der Waals surface area (Å²) in [6, 6.07) is 8.33. The lowest BCUT2D eigenvalue weighted by Gasteiger charge is -2.08. The number of alkyl halides is 2. The Hall–Kier alpha value is -2.35. The molecule has 0 atom stereocenters. The van der Waals surface area contributed by atoms with Crippen molar-refractivity contribution in [1.82, 2.24) is 0 Å². The molecule has 0 aliphatic rings. The van der Waals surface area contributed by atoms with E-state index in [1.54, 1.807) is 0 Å². The van der Waals surface area contributed by atoms with E-state index in [0.717, 1.165) is 6.08 Å². The van der Waals surface area contributed by atoms with Crippen LogP contribution < -0.4 is 10.1 Å². The molecule has 1 amide bonds. The maximum atomic E-state index is 12.1. The molecule has 0 bridgehead atoms. The second-order valence-electron chi connectivity index (χ2n) is 5.18. The Morgan fingerprint density at radius 3 is 2.32 bits per heavy atom. The first-order chi connectivity index (χ1) is 13.2. The van der Waals surface area contributed by atoms with Crippen molar-refractivity contribution in [2.75, 3.05) is 11.9 Å². The van der Waals surface area contributed by atoms with Crippen molar-refractivity contribution in [1.29, 1.82) is 0 Å². The molecule has 0 aromatic heterocycles. The zero-order chi connectivity index (χ0) is 20.7. The molecule has 1 N–H and O–H groups in total. The summed E-state index contributed by atoms with van der Waals surface area (Å²) >= 11 is 17.6. The number of anilines is 1. The fourth-order valence-electron chi connectivity index (χ4n) is 1.91. The Morgan fingerprint density at radius 2 is 1.68 bits per heavy atom. The summed E-state index contributed by atoms with van der Waals surface area (Å²) in [6.45, 7) is -3.47. The first-order valence-corrected chi connectivity index (χ1v) is 8.72. The molecule has 0 aliphatic carbocycles. The SMILES string of the molecule is O=C(COC(=O)C=Cc1ccc(OC(F)F)cc1)Nc1cc(Cl)c(Cl)cc1Cl. The van der Waals surface area contributed by atoms with Crippen molar-refractivity contribution in [3.63, 3.8) is 0 Å². The van der Waals surface area contributed by atoms with Crippen molar-refractivity contribution in [2.45, 2.75) is 6.61 Å². The van der Waals surface area contributed by atoms with E-state index in [2.05, 4.69) is 10.1 Å². The van der Waals surface area contributed by atoms with Crippen LogP contribution in [0.5, 0.6) is 5.75 Å². The average molecular weight is 451 g/mol. The minimum atomic E-state index is -2.92. The first kappa shape index (κ1) is 21.9. The molecule has 0 unspecified atom stereocenters. The summed E-state index contributed by atoms with van der Waals surface area (Å²) in [7, 11) is 0. The predicted octanol–water partition coefficient (Wildman–Crippen LogP) is 5.44. The number of nitrogens with one attached hydrogen (secondary N) is 1. The van der Waals surface area contributed by atoms with Crippen LogP contribution in [0.15, 0.2) is 42.5 Å². The van der Waals surface area contributed by atoms with E-state index >= 15 is 0 Å². The molecule has 0 spiro atoms. The Morgan fingerprint density at radius 1 is 1.04 bits per heavy atom. The average Bonchev–Trinajstić information content (AvgIpc) is 2.63. The number of halogens is 5. The van der Waals surface area contributed by atoms with Crippen LogP contribution >= 0.6 is 34.8 Å². The number of hydrogen-bond acceptors (Lipinski definition) is 4. The van der Waals surface area contributed by atoms with Crippen molar-refractivity contribution >= 4 is 58.4 Å². The van der Waals surface area contributed by atoms with Crippen LogP contribution in [0.3, 0.4) is 0 Å². The van der Waals surface area contributed by atoms with Crippen LogP contribution in [-0.2, 0) is 14.3 Å². The van der Waals surface area contributed by atoms with Gasteiger partial charge in [0.25, 0.3) is 5.91 Å². The van der Waals surface area contributed by atoms with E-state index in [4.69, 9.17) is 39.5 Å². The molecule has 0 radical (unpaired) electrons. The highest BCUT2D eigenvalue weighted by atomic mass is 35.5. The molecule has 2 aromatic carbocycles. The lowest BCUT2D eigenvalue weighted by molar-refractivity contribution is -0.142. The van der Waals surface area contributed by atoms with Crippen molar-refractivity contribution in [3.8, 4) is 5.75 Å². The number of esters is 1. The maximum Gasteiger partial charge on any atom is 0.387 e. The molecule has 5 nitrogen and oxygen atoms in total. The molecule has 0 aliphatic heterocycles. The van der Waals surface area contributed by atoms with Gasteiger partial charge >= 0.3 is 12.6 Å². The van der Waals surface area contributed by atoms with Gasteiger partial charge in [-0.15, -0.1) is 0 Å². The standard InChI is InChI=1S/C18H12Cl3F2NO4/c19-12-7-14(21)15(8-13(12)20)24-16(25)9-27-17(26)6-3-10-1-4-11(5-2-10)28-18(22)23/h1-8,18H,9H2,(H,24,25). The summed E-state index contributed by atoms with van der Waals surface area (Å²) in [5.41, 5.74) is 0.768. The third-order valence-electron chi connectivity index (χ3n) is 3.15. The number of hydrogen-bond donors (Lipinski definition) is 1. The quantitative estimate of drug-likeness (QED) is 0.346. The number of benzene rings is 2. The topological polar surface area (TPSA) is 64.6 Å². The molecule has 0 fully saturated rings. The molecule has 0 saturated carbocycles. The van der Waals surface area contributed by atoms with E-state index in [9.17, 15) is 18.4 Å². The van der Waals surface area contributed by atoms with E-state index in [1.807, 2.05) is 0 Å². The highest BCUT2D eigenvalue weighted by Crippen LogP contribution is 2.32. The monoisotopic (exact) mass is 449 g/mol. The van der Waals surface area contributed by atoms with Crippen LogP contribution in [0.25, 0.3) is 6.08 Å². The summed E-state index contributed by atoms with van der Waals surface area (Å²) in [5, 5.41) is 3.04. The van der Waals surface area contributed by atoms with Gasteiger partial charge in [-0.3, -0.25) is 4.79 Å². The largest absolute Gasteiger partial charge is 0.452 e. The van der Waals surface area contributed by atoms with Crippen LogP contribution in [0.1, 0.15) is 5.56 Å². The fraction of sp³-hybridized carbons (Fsp3) is 0.111. The molecule has 0 saturated heterocycles. The minimum absolute atomic E-state index is 0.00707. The number of rotatable bonds is 7. The van der Waals surface area contributed by atoms with Gasteiger partial charge in [0.15, 0.2) is 6.61 Å².